The van der Waals surface area contributed by atoms with E-state index in [0.29, 0.717) is 12.1 Å². The van der Waals surface area contributed by atoms with Crippen LogP contribution in [0.25, 0.3) is 0 Å². The number of benzene rings is 1. The molecule has 0 saturated carbocycles. The van der Waals surface area contributed by atoms with E-state index in [9.17, 15) is 4.79 Å². The van der Waals surface area contributed by atoms with Crippen molar-refractivity contribution in [3.05, 3.63) is 52.3 Å². The molecule has 0 unspecified atom stereocenters. The van der Waals surface area contributed by atoms with Crippen LogP contribution in [0, 0.1) is 20.8 Å². The van der Waals surface area contributed by atoms with Crippen molar-refractivity contribution in [1.82, 2.24) is 15.1 Å². The highest BCUT2D eigenvalue weighted by molar-refractivity contribution is 5.96. The highest BCUT2D eigenvalue weighted by Gasteiger charge is 2.19. The zero-order valence-electron chi connectivity index (χ0n) is 11.8. The Kier molecular flexibility index (Phi) is 3.69. The van der Waals surface area contributed by atoms with Crippen molar-refractivity contribution in [1.29, 1.82) is 0 Å². The molecule has 0 bridgehead atoms. The summed E-state index contributed by atoms with van der Waals surface area (Å²) in [5, 5.41) is 6.91. The number of H-pyrrole nitrogens is 1. The van der Waals surface area contributed by atoms with Gasteiger partial charge in [-0.05, 0) is 26.3 Å². The molecule has 0 fully saturated rings. The van der Waals surface area contributed by atoms with Gasteiger partial charge in [-0.2, -0.15) is 5.10 Å². The van der Waals surface area contributed by atoms with E-state index in [-0.39, 0.29) is 5.91 Å². The van der Waals surface area contributed by atoms with E-state index in [1.54, 1.807) is 4.90 Å². The van der Waals surface area contributed by atoms with Crippen molar-refractivity contribution in [2.45, 2.75) is 27.3 Å². The van der Waals surface area contributed by atoms with Crippen molar-refractivity contribution >= 4 is 5.91 Å². The molecule has 100 valence electrons. The standard InChI is InChI=1S/C15H19N3O/c1-10-5-7-13(8-6-10)9-18(4)15(19)14-11(2)16-17-12(14)3/h5-8H,9H2,1-4H3,(H,16,17). The van der Waals surface area contributed by atoms with E-state index in [0.717, 1.165) is 17.0 Å². The van der Waals surface area contributed by atoms with Crippen LogP contribution in [0.15, 0.2) is 24.3 Å². The van der Waals surface area contributed by atoms with Crippen LogP contribution in [0.4, 0.5) is 0 Å². The van der Waals surface area contributed by atoms with E-state index < -0.39 is 0 Å². The summed E-state index contributed by atoms with van der Waals surface area (Å²) < 4.78 is 0. The van der Waals surface area contributed by atoms with Gasteiger partial charge in [0, 0.05) is 19.3 Å². The molecule has 4 heteroatoms. The number of rotatable bonds is 3. The van der Waals surface area contributed by atoms with Crippen molar-refractivity contribution in [2.75, 3.05) is 7.05 Å². The van der Waals surface area contributed by atoms with Gasteiger partial charge in [0.2, 0.25) is 0 Å². The number of nitrogens with one attached hydrogen (secondary N) is 1. The van der Waals surface area contributed by atoms with Crippen molar-refractivity contribution < 1.29 is 4.79 Å². The summed E-state index contributed by atoms with van der Waals surface area (Å²) in [6, 6.07) is 8.21. The summed E-state index contributed by atoms with van der Waals surface area (Å²) >= 11 is 0. The van der Waals surface area contributed by atoms with Gasteiger partial charge in [0.05, 0.1) is 11.3 Å². The molecule has 0 aliphatic rings. The molecular formula is C15H19N3O. The summed E-state index contributed by atoms with van der Waals surface area (Å²) in [5.74, 6) is 0.00400. The summed E-state index contributed by atoms with van der Waals surface area (Å²) in [5.41, 5.74) is 4.59. The number of aromatic nitrogens is 2. The summed E-state index contributed by atoms with van der Waals surface area (Å²) in [6.45, 7) is 6.36. The Hall–Kier alpha value is -2.10. The first-order chi connectivity index (χ1) is 8.99. The van der Waals surface area contributed by atoms with Crippen LogP contribution in [-0.4, -0.2) is 28.1 Å². The Balaban J connectivity index is 2.14. The summed E-state index contributed by atoms with van der Waals surface area (Å²) in [4.78, 5) is 14.1. The molecule has 0 aliphatic carbocycles. The second kappa shape index (κ2) is 5.26. The number of hydrogen-bond donors (Lipinski definition) is 1. The van der Waals surface area contributed by atoms with Crippen molar-refractivity contribution in [2.24, 2.45) is 0 Å². The molecule has 1 amide bonds. The first kappa shape index (κ1) is 13.3. The zero-order chi connectivity index (χ0) is 14.0. The fraction of sp³-hybridized carbons (Fsp3) is 0.333. The average molecular weight is 257 g/mol. The molecule has 0 spiro atoms. The number of carbonyl (C=O) groups excluding carboxylic acids is 1. The third kappa shape index (κ3) is 2.84. The molecule has 1 aromatic carbocycles. The Morgan fingerprint density at radius 1 is 1.21 bits per heavy atom. The zero-order valence-corrected chi connectivity index (χ0v) is 11.8. The molecule has 0 radical (unpaired) electrons. The predicted octanol–water partition coefficient (Wildman–Crippen LogP) is 2.61. The maximum Gasteiger partial charge on any atom is 0.257 e. The fourth-order valence-corrected chi connectivity index (χ4v) is 2.10. The second-order valence-electron chi connectivity index (χ2n) is 4.96. The van der Waals surface area contributed by atoms with Crippen molar-refractivity contribution in [3.63, 3.8) is 0 Å². The number of hydrogen-bond acceptors (Lipinski definition) is 2. The van der Waals surface area contributed by atoms with Gasteiger partial charge in [-0.15, -0.1) is 0 Å². The number of aryl methyl sites for hydroxylation is 3. The lowest BCUT2D eigenvalue weighted by Crippen LogP contribution is -2.27. The Bertz CT molecular complexity index is 564. The van der Waals surface area contributed by atoms with Crippen LogP contribution in [0.3, 0.4) is 0 Å². The monoisotopic (exact) mass is 257 g/mol. The minimum absolute atomic E-state index is 0.00400. The lowest BCUT2D eigenvalue weighted by molar-refractivity contribution is 0.0783. The van der Waals surface area contributed by atoms with Crippen LogP contribution in [-0.2, 0) is 6.54 Å². The SMILES string of the molecule is Cc1ccc(CN(C)C(=O)c2c(C)n[nH]c2C)cc1. The molecule has 2 aromatic rings. The lowest BCUT2D eigenvalue weighted by atomic mass is 10.1. The molecule has 0 atom stereocenters. The van der Waals surface area contributed by atoms with E-state index in [1.165, 1.54) is 5.56 Å². The highest BCUT2D eigenvalue weighted by Crippen LogP contribution is 2.14. The van der Waals surface area contributed by atoms with Gasteiger partial charge in [0.1, 0.15) is 0 Å². The Morgan fingerprint density at radius 2 is 1.84 bits per heavy atom. The van der Waals surface area contributed by atoms with Gasteiger partial charge in [-0.1, -0.05) is 29.8 Å². The molecule has 4 nitrogen and oxygen atoms in total. The Morgan fingerprint density at radius 3 is 2.37 bits per heavy atom. The predicted molar refractivity (Wildman–Crippen MR) is 75.0 cm³/mol. The fourth-order valence-electron chi connectivity index (χ4n) is 2.10. The second-order valence-corrected chi connectivity index (χ2v) is 4.96. The van der Waals surface area contributed by atoms with Gasteiger partial charge < -0.3 is 4.90 Å². The quantitative estimate of drug-likeness (QED) is 0.918. The number of amides is 1. The van der Waals surface area contributed by atoms with Gasteiger partial charge in [0.25, 0.3) is 5.91 Å². The molecule has 19 heavy (non-hydrogen) atoms. The van der Waals surface area contributed by atoms with Crippen molar-refractivity contribution in [3.8, 4) is 0 Å². The summed E-state index contributed by atoms with van der Waals surface area (Å²) in [6.07, 6.45) is 0. The van der Waals surface area contributed by atoms with Gasteiger partial charge in [0.15, 0.2) is 0 Å². The minimum atomic E-state index is 0.00400. The van der Waals surface area contributed by atoms with E-state index >= 15 is 0 Å². The third-order valence-corrected chi connectivity index (χ3v) is 3.23. The number of carbonyl (C=O) groups is 1. The third-order valence-electron chi connectivity index (χ3n) is 3.23. The smallest absolute Gasteiger partial charge is 0.257 e. The normalized spacial score (nSPS) is 10.5. The van der Waals surface area contributed by atoms with Crippen LogP contribution in [0.1, 0.15) is 32.9 Å². The highest BCUT2D eigenvalue weighted by atomic mass is 16.2. The first-order valence-electron chi connectivity index (χ1n) is 6.31. The average Bonchev–Trinajstić information content (AvgIpc) is 2.71. The van der Waals surface area contributed by atoms with E-state index in [1.807, 2.05) is 33.0 Å². The topological polar surface area (TPSA) is 49.0 Å². The maximum absolute atomic E-state index is 12.4. The number of nitrogens with zero attached hydrogens (tertiary/aromatic N) is 2. The molecule has 0 aliphatic heterocycles. The first-order valence-corrected chi connectivity index (χ1v) is 6.31. The van der Waals surface area contributed by atoms with Crippen LogP contribution in [0.5, 0.6) is 0 Å². The minimum Gasteiger partial charge on any atom is -0.337 e. The molecular weight excluding hydrogens is 238 g/mol. The van der Waals surface area contributed by atoms with Gasteiger partial charge in [-0.25, -0.2) is 0 Å². The Labute approximate surface area is 113 Å². The van der Waals surface area contributed by atoms with Crippen LogP contribution >= 0.6 is 0 Å². The largest absolute Gasteiger partial charge is 0.337 e. The maximum atomic E-state index is 12.4. The van der Waals surface area contributed by atoms with E-state index in [2.05, 4.69) is 29.3 Å². The molecule has 1 N–H and O–H groups in total. The number of aromatic amines is 1. The van der Waals surface area contributed by atoms with Gasteiger partial charge >= 0.3 is 0 Å². The van der Waals surface area contributed by atoms with Gasteiger partial charge in [-0.3, -0.25) is 9.89 Å². The van der Waals surface area contributed by atoms with Crippen LogP contribution < -0.4 is 0 Å². The summed E-state index contributed by atoms with van der Waals surface area (Å²) in [7, 11) is 1.81. The molecule has 2 rings (SSSR count). The van der Waals surface area contributed by atoms with Crippen LogP contribution in [0.2, 0.25) is 0 Å². The molecule has 1 heterocycles. The molecule has 1 aromatic heterocycles. The lowest BCUT2D eigenvalue weighted by Gasteiger charge is -2.17. The molecule has 0 saturated heterocycles. The van der Waals surface area contributed by atoms with E-state index in [4.69, 9.17) is 0 Å².